The Kier molecular flexibility index (Phi) is 3.62. The van der Waals surface area contributed by atoms with E-state index in [9.17, 15) is 4.79 Å². The van der Waals surface area contributed by atoms with E-state index in [1.807, 2.05) is 25.1 Å². The van der Waals surface area contributed by atoms with Gasteiger partial charge in [-0.05, 0) is 42.8 Å². The third kappa shape index (κ3) is 2.98. The summed E-state index contributed by atoms with van der Waals surface area (Å²) in [6.45, 7) is 1.95. The van der Waals surface area contributed by atoms with Crippen LogP contribution in [0.15, 0.2) is 36.4 Å². The third-order valence-corrected chi connectivity index (χ3v) is 3.02. The highest BCUT2D eigenvalue weighted by Gasteiger charge is 2.10. The first-order chi connectivity index (χ1) is 8.97. The summed E-state index contributed by atoms with van der Waals surface area (Å²) in [5.41, 5.74) is 14.2. The molecular formula is C14H14ClN3O. The van der Waals surface area contributed by atoms with Gasteiger partial charge in [-0.15, -0.1) is 0 Å². The topological polar surface area (TPSA) is 81.1 Å². The summed E-state index contributed by atoms with van der Waals surface area (Å²) in [5.74, 6) is -0.522. The lowest BCUT2D eigenvalue weighted by molar-refractivity contribution is 0.100. The van der Waals surface area contributed by atoms with Gasteiger partial charge in [0.2, 0.25) is 0 Å². The predicted octanol–water partition coefficient (Wildman–Crippen LogP) is 3.07. The van der Waals surface area contributed by atoms with Gasteiger partial charge in [-0.25, -0.2) is 0 Å². The van der Waals surface area contributed by atoms with Crippen molar-refractivity contribution in [2.75, 3.05) is 11.1 Å². The van der Waals surface area contributed by atoms with Crippen LogP contribution < -0.4 is 16.8 Å². The van der Waals surface area contributed by atoms with Crippen molar-refractivity contribution >= 4 is 34.6 Å². The molecule has 0 fully saturated rings. The molecule has 0 bridgehead atoms. The van der Waals surface area contributed by atoms with Crippen LogP contribution in [0.4, 0.5) is 17.1 Å². The molecule has 2 aromatic carbocycles. The van der Waals surface area contributed by atoms with Crippen LogP contribution in [0.2, 0.25) is 5.02 Å². The zero-order valence-electron chi connectivity index (χ0n) is 10.4. The number of nitrogens with one attached hydrogen (secondary N) is 1. The normalized spacial score (nSPS) is 10.2. The number of aryl methyl sites for hydroxylation is 1. The molecule has 1 amide bonds. The van der Waals surface area contributed by atoms with Crippen molar-refractivity contribution < 1.29 is 4.79 Å². The van der Waals surface area contributed by atoms with Crippen molar-refractivity contribution in [2.45, 2.75) is 6.92 Å². The first-order valence-corrected chi connectivity index (χ1v) is 6.07. The van der Waals surface area contributed by atoms with Gasteiger partial charge in [0.05, 0.1) is 22.0 Å². The molecule has 0 aliphatic carbocycles. The molecule has 0 saturated heterocycles. The second-order valence-corrected chi connectivity index (χ2v) is 4.68. The molecule has 98 valence electrons. The number of rotatable bonds is 3. The Morgan fingerprint density at radius 1 is 1.16 bits per heavy atom. The van der Waals surface area contributed by atoms with E-state index >= 15 is 0 Å². The number of hydrogen-bond acceptors (Lipinski definition) is 3. The number of primary amides is 1. The minimum Gasteiger partial charge on any atom is -0.399 e. The number of anilines is 3. The molecule has 2 rings (SSSR count). The fourth-order valence-electron chi connectivity index (χ4n) is 1.75. The largest absolute Gasteiger partial charge is 0.399 e. The highest BCUT2D eigenvalue weighted by atomic mass is 35.5. The molecule has 0 heterocycles. The lowest BCUT2D eigenvalue weighted by Crippen LogP contribution is -2.13. The van der Waals surface area contributed by atoms with Crippen LogP contribution in [-0.4, -0.2) is 5.91 Å². The van der Waals surface area contributed by atoms with Crippen molar-refractivity contribution in [3.63, 3.8) is 0 Å². The van der Waals surface area contributed by atoms with Gasteiger partial charge in [0.25, 0.3) is 5.91 Å². The number of amides is 1. The van der Waals surface area contributed by atoms with Crippen LogP contribution in [0.25, 0.3) is 0 Å². The van der Waals surface area contributed by atoms with Crippen molar-refractivity contribution in [1.82, 2.24) is 0 Å². The van der Waals surface area contributed by atoms with Crippen LogP contribution in [-0.2, 0) is 0 Å². The van der Waals surface area contributed by atoms with Gasteiger partial charge in [0.1, 0.15) is 0 Å². The van der Waals surface area contributed by atoms with Crippen molar-refractivity contribution in [2.24, 2.45) is 5.73 Å². The summed E-state index contributed by atoms with van der Waals surface area (Å²) in [6.07, 6.45) is 0. The maximum absolute atomic E-state index is 11.4. The summed E-state index contributed by atoms with van der Waals surface area (Å²) >= 11 is 6.14. The molecule has 19 heavy (non-hydrogen) atoms. The minimum atomic E-state index is -0.522. The quantitative estimate of drug-likeness (QED) is 0.753. The average Bonchev–Trinajstić information content (AvgIpc) is 2.32. The Hall–Kier alpha value is -2.20. The van der Waals surface area contributed by atoms with E-state index in [-0.39, 0.29) is 0 Å². The first kappa shape index (κ1) is 13.2. The monoisotopic (exact) mass is 275 g/mol. The fourth-order valence-corrected chi connectivity index (χ4v) is 2.03. The van der Waals surface area contributed by atoms with Crippen LogP contribution in [0.3, 0.4) is 0 Å². The Balaban J connectivity index is 2.42. The minimum absolute atomic E-state index is 0.367. The van der Waals surface area contributed by atoms with Crippen molar-refractivity contribution in [3.8, 4) is 0 Å². The number of halogens is 1. The number of nitrogen functional groups attached to an aromatic ring is 1. The lowest BCUT2D eigenvalue weighted by atomic mass is 10.1. The summed E-state index contributed by atoms with van der Waals surface area (Å²) in [5, 5.41) is 3.64. The zero-order chi connectivity index (χ0) is 14.0. The number of benzene rings is 2. The highest BCUT2D eigenvalue weighted by Crippen LogP contribution is 2.29. The molecule has 0 atom stereocenters. The molecule has 5 N–H and O–H groups in total. The molecule has 0 saturated carbocycles. The third-order valence-electron chi connectivity index (χ3n) is 2.70. The maximum atomic E-state index is 11.4. The van der Waals surface area contributed by atoms with E-state index < -0.39 is 5.91 Å². The zero-order valence-corrected chi connectivity index (χ0v) is 11.2. The number of carbonyl (C=O) groups excluding carboxylic acids is 1. The first-order valence-electron chi connectivity index (χ1n) is 5.70. The highest BCUT2D eigenvalue weighted by molar-refractivity contribution is 6.33. The van der Waals surface area contributed by atoms with Gasteiger partial charge >= 0.3 is 0 Å². The molecule has 0 spiro atoms. The van der Waals surface area contributed by atoms with Gasteiger partial charge < -0.3 is 16.8 Å². The summed E-state index contributed by atoms with van der Waals surface area (Å²) in [6, 6.07) is 10.5. The molecule has 0 aliphatic heterocycles. The molecule has 5 heteroatoms. The molecule has 0 aliphatic rings. The van der Waals surface area contributed by atoms with E-state index in [1.165, 1.54) is 0 Å². The average molecular weight is 276 g/mol. The summed E-state index contributed by atoms with van der Waals surface area (Å²) in [7, 11) is 0. The van der Waals surface area contributed by atoms with Gasteiger partial charge in [-0.3, -0.25) is 4.79 Å². The van der Waals surface area contributed by atoms with E-state index in [2.05, 4.69) is 5.32 Å². The number of carbonyl (C=O) groups is 1. The van der Waals surface area contributed by atoms with Crippen LogP contribution in [0.5, 0.6) is 0 Å². The molecule has 2 aromatic rings. The molecule has 4 nitrogen and oxygen atoms in total. The molecule has 0 aromatic heterocycles. The van der Waals surface area contributed by atoms with Gasteiger partial charge in [-0.1, -0.05) is 17.7 Å². The molecular weight excluding hydrogens is 262 g/mol. The summed E-state index contributed by atoms with van der Waals surface area (Å²) < 4.78 is 0. The predicted molar refractivity (Wildman–Crippen MR) is 78.8 cm³/mol. The van der Waals surface area contributed by atoms with E-state index in [0.29, 0.717) is 27.6 Å². The van der Waals surface area contributed by atoms with Crippen LogP contribution in [0, 0.1) is 6.92 Å². The SMILES string of the molecule is Cc1ccc(Nc2cc(N)ccc2C(N)=O)c(Cl)c1. The summed E-state index contributed by atoms with van der Waals surface area (Å²) in [4.78, 5) is 11.4. The Morgan fingerprint density at radius 3 is 2.53 bits per heavy atom. The van der Waals surface area contributed by atoms with Crippen molar-refractivity contribution in [1.29, 1.82) is 0 Å². The van der Waals surface area contributed by atoms with E-state index in [0.717, 1.165) is 5.56 Å². The molecule has 0 radical (unpaired) electrons. The Labute approximate surface area is 116 Å². The lowest BCUT2D eigenvalue weighted by Gasteiger charge is -2.12. The van der Waals surface area contributed by atoms with Crippen LogP contribution >= 0.6 is 11.6 Å². The number of hydrogen-bond donors (Lipinski definition) is 3. The number of nitrogens with two attached hydrogens (primary N) is 2. The van der Waals surface area contributed by atoms with Gasteiger partial charge in [0.15, 0.2) is 0 Å². The smallest absolute Gasteiger partial charge is 0.250 e. The van der Waals surface area contributed by atoms with Gasteiger partial charge in [-0.2, -0.15) is 0 Å². The van der Waals surface area contributed by atoms with Crippen LogP contribution in [0.1, 0.15) is 15.9 Å². The van der Waals surface area contributed by atoms with E-state index in [4.69, 9.17) is 23.1 Å². The van der Waals surface area contributed by atoms with Gasteiger partial charge in [0, 0.05) is 5.69 Å². The maximum Gasteiger partial charge on any atom is 0.250 e. The Bertz CT molecular complexity index is 641. The Morgan fingerprint density at radius 2 is 1.89 bits per heavy atom. The standard InChI is InChI=1S/C14H14ClN3O/c1-8-2-5-12(11(15)6-8)18-13-7-9(16)3-4-10(13)14(17)19/h2-7,18H,16H2,1H3,(H2,17,19). The second kappa shape index (κ2) is 5.20. The molecule has 0 unspecified atom stereocenters. The second-order valence-electron chi connectivity index (χ2n) is 4.28. The fraction of sp³-hybridized carbons (Fsp3) is 0.0714. The van der Waals surface area contributed by atoms with Crippen molar-refractivity contribution in [3.05, 3.63) is 52.5 Å². The van der Waals surface area contributed by atoms with E-state index in [1.54, 1.807) is 18.2 Å².